The minimum absolute atomic E-state index is 0.132. The standard InChI is InChI=1S/C19H26N2O4/c1-12-6-5-7-14-13(11-20-17(12)14)10-16(22)21-15(18(23)24)8-9-25-19(2,3)4/h5-7,11,15,20H,8-10H2,1-4H3,(H,21,22)(H,23,24). The van der Waals surface area contributed by atoms with Crippen LogP contribution in [-0.4, -0.2) is 40.2 Å². The molecule has 0 fully saturated rings. The number of fused-ring (bicyclic) bond motifs is 1. The fraction of sp³-hybridized carbons (Fsp3) is 0.474. The van der Waals surface area contributed by atoms with Crippen LogP contribution in [0.4, 0.5) is 0 Å². The number of rotatable bonds is 7. The quantitative estimate of drug-likeness (QED) is 0.719. The van der Waals surface area contributed by atoms with E-state index in [1.165, 1.54) is 0 Å². The van der Waals surface area contributed by atoms with Crippen molar-refractivity contribution in [3.63, 3.8) is 0 Å². The third-order valence-electron chi connectivity index (χ3n) is 3.94. The lowest BCUT2D eigenvalue weighted by Crippen LogP contribution is -2.42. The number of aliphatic carboxylic acids is 1. The molecule has 1 heterocycles. The van der Waals surface area contributed by atoms with E-state index in [1.54, 1.807) is 6.20 Å². The number of carboxylic acid groups (broad SMARTS) is 1. The van der Waals surface area contributed by atoms with E-state index in [9.17, 15) is 14.7 Å². The molecular weight excluding hydrogens is 320 g/mol. The van der Waals surface area contributed by atoms with Gasteiger partial charge in [-0.3, -0.25) is 4.79 Å². The summed E-state index contributed by atoms with van der Waals surface area (Å²) < 4.78 is 5.55. The van der Waals surface area contributed by atoms with Gasteiger partial charge in [0.15, 0.2) is 0 Å². The summed E-state index contributed by atoms with van der Waals surface area (Å²) in [5, 5.41) is 12.9. The average Bonchev–Trinajstić information content (AvgIpc) is 2.89. The van der Waals surface area contributed by atoms with Crippen molar-refractivity contribution in [1.82, 2.24) is 10.3 Å². The van der Waals surface area contributed by atoms with E-state index in [4.69, 9.17) is 4.74 Å². The van der Waals surface area contributed by atoms with Crippen LogP contribution in [0.5, 0.6) is 0 Å². The monoisotopic (exact) mass is 346 g/mol. The summed E-state index contributed by atoms with van der Waals surface area (Å²) in [6.45, 7) is 7.98. The summed E-state index contributed by atoms with van der Waals surface area (Å²) in [7, 11) is 0. The Balaban J connectivity index is 1.98. The minimum atomic E-state index is -1.05. The SMILES string of the molecule is Cc1cccc2c(CC(=O)NC(CCOC(C)(C)C)C(=O)O)c[nH]c12. The predicted molar refractivity (Wildman–Crippen MR) is 96.6 cm³/mol. The summed E-state index contributed by atoms with van der Waals surface area (Å²) >= 11 is 0. The van der Waals surface area contributed by atoms with Crippen LogP contribution in [0.15, 0.2) is 24.4 Å². The van der Waals surface area contributed by atoms with E-state index in [1.807, 2.05) is 45.9 Å². The lowest BCUT2D eigenvalue weighted by molar-refractivity contribution is -0.142. The Morgan fingerprint density at radius 3 is 2.68 bits per heavy atom. The number of H-pyrrole nitrogens is 1. The number of carbonyl (C=O) groups excluding carboxylic acids is 1. The molecule has 0 spiro atoms. The van der Waals surface area contributed by atoms with Gasteiger partial charge in [-0.2, -0.15) is 0 Å². The lowest BCUT2D eigenvalue weighted by Gasteiger charge is -2.21. The summed E-state index contributed by atoms with van der Waals surface area (Å²) in [5.41, 5.74) is 2.62. The molecule has 1 aromatic carbocycles. The first kappa shape index (κ1) is 19.0. The number of hydrogen-bond donors (Lipinski definition) is 3. The molecule has 0 saturated carbocycles. The number of hydrogen-bond acceptors (Lipinski definition) is 3. The first-order chi connectivity index (χ1) is 11.7. The van der Waals surface area contributed by atoms with Gasteiger partial charge in [0.25, 0.3) is 0 Å². The van der Waals surface area contributed by atoms with Crippen molar-refractivity contribution in [3.05, 3.63) is 35.5 Å². The molecule has 0 aliphatic rings. The Hall–Kier alpha value is -2.34. The molecule has 0 saturated heterocycles. The highest BCUT2D eigenvalue weighted by Crippen LogP contribution is 2.21. The van der Waals surface area contributed by atoms with Crippen LogP contribution in [0.3, 0.4) is 0 Å². The van der Waals surface area contributed by atoms with E-state index < -0.39 is 12.0 Å². The first-order valence-corrected chi connectivity index (χ1v) is 8.39. The van der Waals surface area contributed by atoms with Gasteiger partial charge < -0.3 is 20.1 Å². The molecule has 2 rings (SSSR count). The highest BCUT2D eigenvalue weighted by atomic mass is 16.5. The van der Waals surface area contributed by atoms with Gasteiger partial charge in [-0.25, -0.2) is 4.79 Å². The number of aromatic amines is 1. The van der Waals surface area contributed by atoms with Gasteiger partial charge >= 0.3 is 5.97 Å². The number of carboxylic acids is 1. The molecule has 0 aliphatic carbocycles. The van der Waals surface area contributed by atoms with Crippen LogP contribution >= 0.6 is 0 Å². The molecule has 2 aromatic rings. The number of aromatic nitrogens is 1. The number of nitrogens with one attached hydrogen (secondary N) is 2. The molecule has 1 unspecified atom stereocenters. The van der Waals surface area contributed by atoms with Crippen molar-refractivity contribution in [2.24, 2.45) is 0 Å². The molecular formula is C19H26N2O4. The maximum absolute atomic E-state index is 12.3. The number of carbonyl (C=O) groups is 2. The number of ether oxygens (including phenoxy) is 1. The van der Waals surface area contributed by atoms with Crippen molar-refractivity contribution in [3.8, 4) is 0 Å². The molecule has 6 heteroatoms. The Bertz CT molecular complexity index is 758. The molecule has 1 atom stereocenters. The highest BCUT2D eigenvalue weighted by molar-refractivity contribution is 5.91. The van der Waals surface area contributed by atoms with Gasteiger partial charge in [-0.15, -0.1) is 0 Å². The van der Waals surface area contributed by atoms with Crippen LogP contribution in [-0.2, 0) is 20.7 Å². The summed E-state index contributed by atoms with van der Waals surface area (Å²) in [6.07, 6.45) is 2.16. The number of aryl methyl sites for hydroxylation is 1. The normalized spacial score (nSPS) is 13.0. The zero-order chi connectivity index (χ0) is 18.6. The van der Waals surface area contributed by atoms with Gasteiger partial charge in [-0.1, -0.05) is 18.2 Å². The maximum atomic E-state index is 12.3. The second-order valence-corrected chi connectivity index (χ2v) is 7.20. The summed E-state index contributed by atoms with van der Waals surface area (Å²) in [5.74, 6) is -1.37. The van der Waals surface area contributed by atoms with Crippen molar-refractivity contribution >= 4 is 22.8 Å². The summed E-state index contributed by atoms with van der Waals surface area (Å²) in [6, 6.07) is 4.93. The molecule has 136 valence electrons. The molecule has 6 nitrogen and oxygen atoms in total. The second kappa shape index (κ2) is 7.70. The molecule has 25 heavy (non-hydrogen) atoms. The molecule has 1 aromatic heterocycles. The third-order valence-corrected chi connectivity index (χ3v) is 3.94. The Morgan fingerprint density at radius 1 is 1.32 bits per heavy atom. The smallest absolute Gasteiger partial charge is 0.326 e. The van der Waals surface area contributed by atoms with Crippen LogP contribution < -0.4 is 5.32 Å². The largest absolute Gasteiger partial charge is 0.480 e. The molecule has 3 N–H and O–H groups in total. The molecule has 1 amide bonds. The van der Waals surface area contributed by atoms with Gasteiger partial charge in [0.1, 0.15) is 6.04 Å². The molecule has 0 bridgehead atoms. The number of amides is 1. The second-order valence-electron chi connectivity index (χ2n) is 7.20. The minimum Gasteiger partial charge on any atom is -0.480 e. The van der Waals surface area contributed by atoms with E-state index in [-0.39, 0.29) is 31.0 Å². The van der Waals surface area contributed by atoms with E-state index in [0.29, 0.717) is 0 Å². The van der Waals surface area contributed by atoms with Crippen molar-refractivity contribution in [2.75, 3.05) is 6.61 Å². The molecule has 0 radical (unpaired) electrons. The fourth-order valence-corrected chi connectivity index (χ4v) is 2.67. The zero-order valence-corrected chi connectivity index (χ0v) is 15.2. The highest BCUT2D eigenvalue weighted by Gasteiger charge is 2.21. The summed E-state index contributed by atoms with van der Waals surface area (Å²) in [4.78, 5) is 26.8. The van der Waals surface area contributed by atoms with Crippen molar-refractivity contribution < 1.29 is 19.4 Å². The van der Waals surface area contributed by atoms with E-state index in [2.05, 4.69) is 10.3 Å². The van der Waals surface area contributed by atoms with E-state index in [0.717, 1.165) is 22.0 Å². The predicted octanol–water partition coefficient (Wildman–Crippen LogP) is 2.79. The third kappa shape index (κ3) is 5.32. The topological polar surface area (TPSA) is 91.4 Å². The lowest BCUT2D eigenvalue weighted by atomic mass is 10.1. The van der Waals surface area contributed by atoms with Gasteiger partial charge in [-0.05, 0) is 38.8 Å². The fourth-order valence-electron chi connectivity index (χ4n) is 2.67. The number of para-hydroxylation sites is 1. The Kier molecular flexibility index (Phi) is 5.85. The first-order valence-electron chi connectivity index (χ1n) is 8.39. The van der Waals surface area contributed by atoms with Gasteiger partial charge in [0.2, 0.25) is 5.91 Å². The van der Waals surface area contributed by atoms with E-state index >= 15 is 0 Å². The average molecular weight is 346 g/mol. The zero-order valence-electron chi connectivity index (χ0n) is 15.2. The van der Waals surface area contributed by atoms with Crippen LogP contribution in [0, 0.1) is 6.92 Å². The van der Waals surface area contributed by atoms with Crippen molar-refractivity contribution in [2.45, 2.75) is 52.2 Å². The van der Waals surface area contributed by atoms with Gasteiger partial charge in [0.05, 0.1) is 12.0 Å². The molecule has 0 aliphatic heterocycles. The van der Waals surface area contributed by atoms with Crippen LogP contribution in [0.1, 0.15) is 38.3 Å². The Labute approximate surface area is 147 Å². The van der Waals surface area contributed by atoms with Crippen molar-refractivity contribution in [1.29, 1.82) is 0 Å². The maximum Gasteiger partial charge on any atom is 0.326 e. The van der Waals surface area contributed by atoms with Crippen LogP contribution in [0.25, 0.3) is 10.9 Å². The van der Waals surface area contributed by atoms with Crippen LogP contribution in [0.2, 0.25) is 0 Å². The van der Waals surface area contributed by atoms with Gasteiger partial charge in [0, 0.05) is 30.1 Å². The number of benzene rings is 1. The Morgan fingerprint density at radius 2 is 2.04 bits per heavy atom.